The van der Waals surface area contributed by atoms with Gasteiger partial charge in [0.25, 0.3) is 0 Å². The third-order valence-corrected chi connectivity index (χ3v) is 2.81. The van der Waals surface area contributed by atoms with E-state index in [4.69, 9.17) is 15.9 Å². The minimum absolute atomic E-state index is 0.0418. The van der Waals surface area contributed by atoms with E-state index < -0.39 is 29.9 Å². The summed E-state index contributed by atoms with van der Waals surface area (Å²) in [6.07, 6.45) is 1.20. The van der Waals surface area contributed by atoms with E-state index in [0.29, 0.717) is 0 Å². The largest absolute Gasteiger partial charge is 0.480 e. The molecular weight excluding hydrogens is 272 g/mol. The highest BCUT2D eigenvalue weighted by molar-refractivity contribution is 7.80. The van der Waals surface area contributed by atoms with E-state index >= 15 is 0 Å². The minimum atomic E-state index is -1.20. The highest BCUT2D eigenvalue weighted by Gasteiger charge is 2.28. The summed E-state index contributed by atoms with van der Waals surface area (Å²) in [5, 5.41) is 17.6. The Hall–Kier alpha value is -1.54. The van der Waals surface area contributed by atoms with Crippen LogP contribution in [0.1, 0.15) is 12.8 Å². The molecule has 0 aliphatic carbocycles. The molecule has 0 aliphatic heterocycles. The molecule has 0 saturated heterocycles. The van der Waals surface area contributed by atoms with E-state index in [1.807, 2.05) is 0 Å². The van der Waals surface area contributed by atoms with Crippen molar-refractivity contribution in [3.8, 4) is 0 Å². The third-order valence-electron chi connectivity index (χ3n) is 2.47. The number of carbonyl (C=O) groups excluding carboxylic acids is 1. The van der Waals surface area contributed by atoms with Crippen molar-refractivity contribution < 1.29 is 24.6 Å². The summed E-state index contributed by atoms with van der Waals surface area (Å²) in [5.41, 5.74) is 5.29. The summed E-state index contributed by atoms with van der Waals surface area (Å²) in [6.45, 7) is 3.51. The standard InChI is InChI=1S/C11H18N2O5S/c1-2-5-13(8(6-19)11(17)18)9(14)4-3-7(12)10(15)16/h2,7-8,19H,1,3-6,12H2,(H,15,16)(H,17,18)/t7-,8-/m0/s1. The van der Waals surface area contributed by atoms with Crippen LogP contribution in [0.3, 0.4) is 0 Å². The van der Waals surface area contributed by atoms with Gasteiger partial charge in [-0.1, -0.05) is 6.08 Å². The second-order valence-electron chi connectivity index (χ2n) is 3.85. The Kier molecular flexibility index (Phi) is 7.85. The molecule has 1 amide bonds. The number of amides is 1. The van der Waals surface area contributed by atoms with Crippen LogP contribution in [-0.2, 0) is 14.4 Å². The number of nitrogens with zero attached hydrogens (tertiary/aromatic N) is 1. The van der Waals surface area contributed by atoms with E-state index in [1.165, 1.54) is 6.08 Å². The molecule has 0 bridgehead atoms. The van der Waals surface area contributed by atoms with Crippen LogP contribution in [0.15, 0.2) is 12.7 Å². The fourth-order valence-electron chi connectivity index (χ4n) is 1.40. The van der Waals surface area contributed by atoms with E-state index in [1.54, 1.807) is 0 Å². The average Bonchev–Trinajstić information content (AvgIpc) is 2.34. The Bertz CT molecular complexity index is 361. The first-order valence-electron chi connectivity index (χ1n) is 5.57. The van der Waals surface area contributed by atoms with Crippen molar-refractivity contribution in [2.45, 2.75) is 24.9 Å². The topological polar surface area (TPSA) is 121 Å². The number of carbonyl (C=O) groups is 3. The maximum Gasteiger partial charge on any atom is 0.327 e. The maximum absolute atomic E-state index is 11.9. The van der Waals surface area contributed by atoms with Gasteiger partial charge in [0.2, 0.25) is 5.91 Å². The van der Waals surface area contributed by atoms with Gasteiger partial charge in [-0.25, -0.2) is 4.79 Å². The van der Waals surface area contributed by atoms with Gasteiger partial charge in [-0.2, -0.15) is 12.6 Å². The number of thiol groups is 1. The van der Waals surface area contributed by atoms with Gasteiger partial charge in [0.05, 0.1) is 0 Å². The Balaban J connectivity index is 4.69. The molecule has 7 nitrogen and oxygen atoms in total. The zero-order chi connectivity index (χ0) is 15.0. The Morgan fingerprint density at radius 2 is 1.89 bits per heavy atom. The zero-order valence-corrected chi connectivity index (χ0v) is 11.3. The number of carboxylic acid groups (broad SMARTS) is 2. The van der Waals surface area contributed by atoms with Gasteiger partial charge in [0, 0.05) is 18.7 Å². The van der Waals surface area contributed by atoms with Crippen LogP contribution in [0.25, 0.3) is 0 Å². The lowest BCUT2D eigenvalue weighted by atomic mass is 10.1. The molecular formula is C11H18N2O5S. The predicted octanol–water partition coefficient (Wildman–Crippen LogP) is -0.424. The van der Waals surface area contributed by atoms with Gasteiger partial charge < -0.3 is 20.8 Å². The fourth-order valence-corrected chi connectivity index (χ4v) is 1.75. The molecule has 0 aromatic heterocycles. The van der Waals surface area contributed by atoms with Crippen molar-refractivity contribution in [2.24, 2.45) is 5.73 Å². The monoisotopic (exact) mass is 290 g/mol. The summed E-state index contributed by atoms with van der Waals surface area (Å²) in [6, 6.07) is -2.22. The van der Waals surface area contributed by atoms with Gasteiger partial charge in [-0.05, 0) is 6.42 Å². The van der Waals surface area contributed by atoms with Crippen molar-refractivity contribution in [3.63, 3.8) is 0 Å². The van der Waals surface area contributed by atoms with E-state index in [2.05, 4.69) is 19.2 Å². The molecule has 0 heterocycles. The normalized spacial score (nSPS) is 13.4. The molecule has 2 atom stereocenters. The van der Waals surface area contributed by atoms with Gasteiger partial charge >= 0.3 is 11.9 Å². The van der Waals surface area contributed by atoms with Crippen molar-refractivity contribution in [1.29, 1.82) is 0 Å². The van der Waals surface area contributed by atoms with Gasteiger partial charge in [-0.3, -0.25) is 9.59 Å². The lowest BCUT2D eigenvalue weighted by Gasteiger charge is -2.27. The van der Waals surface area contributed by atoms with Crippen LogP contribution in [0.5, 0.6) is 0 Å². The fraction of sp³-hybridized carbons (Fsp3) is 0.545. The second-order valence-corrected chi connectivity index (χ2v) is 4.22. The van der Waals surface area contributed by atoms with E-state index in [9.17, 15) is 14.4 Å². The quantitative estimate of drug-likeness (QED) is 0.338. The first kappa shape index (κ1) is 17.5. The molecule has 0 unspecified atom stereocenters. The predicted molar refractivity (Wildman–Crippen MR) is 72.0 cm³/mol. The van der Waals surface area contributed by atoms with E-state index in [-0.39, 0.29) is 25.1 Å². The van der Waals surface area contributed by atoms with Crippen molar-refractivity contribution in [2.75, 3.05) is 12.3 Å². The number of rotatable bonds is 9. The number of aliphatic carboxylic acids is 2. The highest BCUT2D eigenvalue weighted by Crippen LogP contribution is 2.08. The number of hydrogen-bond acceptors (Lipinski definition) is 5. The van der Waals surface area contributed by atoms with Gasteiger partial charge in [0.15, 0.2) is 0 Å². The molecule has 0 radical (unpaired) electrons. The molecule has 0 aliphatic rings. The van der Waals surface area contributed by atoms with Crippen LogP contribution >= 0.6 is 12.6 Å². The minimum Gasteiger partial charge on any atom is -0.480 e. The van der Waals surface area contributed by atoms with Crippen LogP contribution in [0.2, 0.25) is 0 Å². The van der Waals surface area contributed by atoms with Crippen LogP contribution < -0.4 is 5.73 Å². The second kappa shape index (κ2) is 8.54. The zero-order valence-electron chi connectivity index (χ0n) is 10.4. The molecule has 0 fully saturated rings. The smallest absolute Gasteiger partial charge is 0.327 e. The lowest BCUT2D eigenvalue weighted by molar-refractivity contribution is -0.149. The SMILES string of the molecule is C=CCN(C(=O)CC[C@H](N)C(=O)O)[C@@H](CS)C(=O)O. The molecule has 0 aromatic rings. The number of nitrogens with two attached hydrogens (primary N) is 1. The molecule has 4 N–H and O–H groups in total. The average molecular weight is 290 g/mol. The summed E-state index contributed by atoms with van der Waals surface area (Å²) in [5.74, 6) is -2.90. The highest BCUT2D eigenvalue weighted by atomic mass is 32.1. The molecule has 0 aromatic carbocycles. The first-order chi connectivity index (χ1) is 8.84. The van der Waals surface area contributed by atoms with Crippen molar-refractivity contribution >= 4 is 30.5 Å². The molecule has 19 heavy (non-hydrogen) atoms. The third kappa shape index (κ3) is 5.75. The first-order valence-corrected chi connectivity index (χ1v) is 6.20. The van der Waals surface area contributed by atoms with Crippen molar-refractivity contribution in [1.82, 2.24) is 4.90 Å². The van der Waals surface area contributed by atoms with Gasteiger partial charge in [0.1, 0.15) is 12.1 Å². The number of hydrogen-bond donors (Lipinski definition) is 4. The van der Waals surface area contributed by atoms with Crippen molar-refractivity contribution in [3.05, 3.63) is 12.7 Å². The summed E-state index contributed by atoms with van der Waals surface area (Å²) in [7, 11) is 0. The van der Waals surface area contributed by atoms with Crippen LogP contribution in [-0.4, -0.2) is 57.3 Å². The molecule has 0 rings (SSSR count). The Morgan fingerprint density at radius 3 is 2.26 bits per heavy atom. The molecule has 8 heteroatoms. The Labute approximate surface area is 116 Å². The molecule has 108 valence electrons. The maximum atomic E-state index is 11.9. The molecule has 0 saturated carbocycles. The number of carboxylic acids is 2. The summed E-state index contributed by atoms with van der Waals surface area (Å²) < 4.78 is 0. The summed E-state index contributed by atoms with van der Waals surface area (Å²) in [4.78, 5) is 34.5. The van der Waals surface area contributed by atoms with Gasteiger partial charge in [-0.15, -0.1) is 6.58 Å². The summed E-state index contributed by atoms with van der Waals surface area (Å²) >= 11 is 3.90. The van der Waals surface area contributed by atoms with Crippen LogP contribution in [0, 0.1) is 0 Å². The molecule has 0 spiro atoms. The van der Waals surface area contributed by atoms with E-state index in [0.717, 1.165) is 4.90 Å². The van der Waals surface area contributed by atoms with Crippen LogP contribution in [0.4, 0.5) is 0 Å². The Morgan fingerprint density at radius 1 is 1.32 bits per heavy atom. The lowest BCUT2D eigenvalue weighted by Crippen LogP contribution is -2.46.